The third-order valence-corrected chi connectivity index (χ3v) is 5.40. The molecule has 0 aliphatic carbocycles. The van der Waals surface area contributed by atoms with Crippen LogP contribution in [0.15, 0.2) is 42.6 Å². The maximum absolute atomic E-state index is 13.5. The van der Waals surface area contributed by atoms with Gasteiger partial charge in [0.05, 0.1) is 22.8 Å². The number of likely N-dealkylation sites (tertiary alicyclic amines) is 1. The molecule has 2 aromatic heterocycles. The maximum Gasteiger partial charge on any atom is 0.326 e. The van der Waals surface area contributed by atoms with Gasteiger partial charge < -0.3 is 10.0 Å². The van der Waals surface area contributed by atoms with Crippen LogP contribution in [0.4, 0.5) is 0 Å². The molecule has 29 heavy (non-hydrogen) atoms. The largest absolute Gasteiger partial charge is 0.480 e. The Morgan fingerprint density at radius 3 is 2.62 bits per heavy atom. The highest BCUT2D eigenvalue weighted by atomic mass is 16.4. The van der Waals surface area contributed by atoms with Crippen LogP contribution in [0.1, 0.15) is 49.5 Å². The van der Waals surface area contributed by atoms with Crippen LogP contribution in [0.5, 0.6) is 0 Å². The summed E-state index contributed by atoms with van der Waals surface area (Å²) in [5.74, 6) is -1.23. The van der Waals surface area contributed by atoms with Crippen molar-refractivity contribution in [2.45, 2.75) is 45.2 Å². The number of piperidine rings is 1. The predicted octanol–water partition coefficient (Wildman–Crippen LogP) is 3.76. The van der Waals surface area contributed by atoms with Crippen LogP contribution in [-0.2, 0) is 4.79 Å². The van der Waals surface area contributed by atoms with Crippen LogP contribution in [0.25, 0.3) is 22.3 Å². The minimum Gasteiger partial charge on any atom is -0.480 e. The zero-order valence-corrected chi connectivity index (χ0v) is 16.6. The number of benzene rings is 1. The van der Waals surface area contributed by atoms with E-state index in [1.807, 2.05) is 44.2 Å². The van der Waals surface area contributed by atoms with E-state index in [1.165, 1.54) is 4.90 Å². The van der Waals surface area contributed by atoms with Gasteiger partial charge in [0.1, 0.15) is 6.04 Å². The second-order valence-corrected chi connectivity index (χ2v) is 7.69. The van der Waals surface area contributed by atoms with Crippen molar-refractivity contribution in [2.24, 2.45) is 0 Å². The molecule has 1 atom stereocenters. The van der Waals surface area contributed by atoms with E-state index in [1.54, 1.807) is 16.9 Å². The molecule has 0 radical (unpaired) electrons. The van der Waals surface area contributed by atoms with Gasteiger partial charge in [0.2, 0.25) is 0 Å². The van der Waals surface area contributed by atoms with E-state index < -0.39 is 12.0 Å². The first-order valence-corrected chi connectivity index (χ1v) is 9.95. The van der Waals surface area contributed by atoms with Crippen LogP contribution in [0.2, 0.25) is 0 Å². The maximum atomic E-state index is 13.5. The summed E-state index contributed by atoms with van der Waals surface area (Å²) in [5, 5.41) is 14.7. The molecule has 0 spiro atoms. The Labute approximate surface area is 169 Å². The highest BCUT2D eigenvalue weighted by Gasteiger charge is 2.33. The van der Waals surface area contributed by atoms with E-state index in [9.17, 15) is 14.7 Å². The van der Waals surface area contributed by atoms with Gasteiger partial charge in [0.25, 0.3) is 5.91 Å². The fourth-order valence-electron chi connectivity index (χ4n) is 3.92. The normalized spacial score (nSPS) is 17.1. The number of aromatic nitrogens is 3. The fraction of sp³-hybridized carbons (Fsp3) is 0.364. The summed E-state index contributed by atoms with van der Waals surface area (Å²) in [5.41, 5.74) is 2.66. The van der Waals surface area contributed by atoms with Crippen LogP contribution >= 0.6 is 0 Å². The molecule has 1 aliphatic rings. The number of aliphatic carboxylic acids is 1. The van der Waals surface area contributed by atoms with Crippen molar-refractivity contribution in [1.29, 1.82) is 0 Å². The summed E-state index contributed by atoms with van der Waals surface area (Å²) in [6, 6.07) is 10.7. The van der Waals surface area contributed by atoms with Crippen LogP contribution in [0, 0.1) is 0 Å². The lowest BCUT2D eigenvalue weighted by Gasteiger charge is -2.33. The third-order valence-electron chi connectivity index (χ3n) is 5.40. The molecule has 150 valence electrons. The van der Waals surface area contributed by atoms with E-state index in [2.05, 4.69) is 5.10 Å². The number of carbonyl (C=O) groups is 2. The molecule has 4 rings (SSSR count). The molecule has 7 nitrogen and oxygen atoms in total. The average molecular weight is 392 g/mol. The zero-order chi connectivity index (χ0) is 20.5. The number of amides is 1. The minimum absolute atomic E-state index is 0.0794. The Morgan fingerprint density at radius 1 is 1.17 bits per heavy atom. The zero-order valence-electron chi connectivity index (χ0n) is 16.6. The molecule has 1 fully saturated rings. The van der Waals surface area contributed by atoms with Gasteiger partial charge in [0, 0.05) is 18.2 Å². The molecular formula is C22H24N4O3. The molecule has 1 aromatic carbocycles. The van der Waals surface area contributed by atoms with Crippen molar-refractivity contribution in [3.05, 3.63) is 48.2 Å². The highest BCUT2D eigenvalue weighted by molar-refractivity contribution is 6.07. The van der Waals surface area contributed by atoms with Gasteiger partial charge in [-0.3, -0.25) is 4.79 Å². The van der Waals surface area contributed by atoms with Crippen molar-refractivity contribution in [3.63, 3.8) is 0 Å². The van der Waals surface area contributed by atoms with E-state index >= 15 is 0 Å². The Kier molecular flexibility index (Phi) is 5.05. The molecule has 0 unspecified atom stereocenters. The number of carbonyl (C=O) groups excluding carboxylic acids is 1. The number of pyridine rings is 1. The van der Waals surface area contributed by atoms with Gasteiger partial charge in [-0.15, -0.1) is 0 Å². The quantitative estimate of drug-likeness (QED) is 0.730. The average Bonchev–Trinajstić information content (AvgIpc) is 3.17. The van der Waals surface area contributed by atoms with Crippen molar-refractivity contribution in [3.8, 4) is 11.3 Å². The first-order valence-electron chi connectivity index (χ1n) is 9.95. The lowest BCUT2D eigenvalue weighted by atomic mass is 9.99. The summed E-state index contributed by atoms with van der Waals surface area (Å²) < 4.78 is 1.80. The summed E-state index contributed by atoms with van der Waals surface area (Å²) in [7, 11) is 0. The van der Waals surface area contributed by atoms with E-state index in [-0.39, 0.29) is 11.9 Å². The molecule has 1 aliphatic heterocycles. The number of fused-ring (bicyclic) bond motifs is 1. The number of carboxylic acids is 1. The number of hydrogen-bond acceptors (Lipinski definition) is 4. The summed E-state index contributed by atoms with van der Waals surface area (Å²) in [6.45, 7) is 4.46. The van der Waals surface area contributed by atoms with Gasteiger partial charge in [-0.2, -0.15) is 5.10 Å². The van der Waals surface area contributed by atoms with Crippen LogP contribution in [0.3, 0.4) is 0 Å². The molecule has 1 amide bonds. The first-order chi connectivity index (χ1) is 14.0. The minimum atomic E-state index is -0.954. The van der Waals surface area contributed by atoms with Crippen LogP contribution < -0.4 is 0 Å². The molecule has 0 saturated carbocycles. The monoisotopic (exact) mass is 392 g/mol. The lowest BCUT2D eigenvalue weighted by molar-refractivity contribution is -0.143. The Morgan fingerprint density at radius 2 is 1.93 bits per heavy atom. The van der Waals surface area contributed by atoms with Crippen LogP contribution in [-0.4, -0.2) is 49.2 Å². The molecular weight excluding hydrogens is 368 g/mol. The summed E-state index contributed by atoms with van der Waals surface area (Å²) >= 11 is 0. The summed E-state index contributed by atoms with van der Waals surface area (Å²) in [4.78, 5) is 31.5. The molecule has 7 heteroatoms. The third kappa shape index (κ3) is 3.48. The molecule has 3 heterocycles. The Bertz CT molecular complexity index is 1060. The van der Waals surface area contributed by atoms with Crippen molar-refractivity contribution < 1.29 is 14.7 Å². The smallest absolute Gasteiger partial charge is 0.326 e. The highest BCUT2D eigenvalue weighted by Crippen LogP contribution is 2.29. The Hall–Kier alpha value is -3.22. The van der Waals surface area contributed by atoms with E-state index in [4.69, 9.17) is 4.98 Å². The SMILES string of the molecule is CC(C)n1ncc2c(C(=O)N3CCCC[C@@H]3C(=O)O)cc(-c3ccccc3)nc21. The van der Waals surface area contributed by atoms with E-state index in [0.717, 1.165) is 18.4 Å². The molecule has 1 saturated heterocycles. The molecule has 0 bridgehead atoms. The van der Waals surface area contributed by atoms with Gasteiger partial charge >= 0.3 is 5.97 Å². The second kappa shape index (κ2) is 7.66. The van der Waals surface area contributed by atoms with Gasteiger partial charge in [0.15, 0.2) is 5.65 Å². The van der Waals surface area contributed by atoms with Crippen molar-refractivity contribution in [1.82, 2.24) is 19.7 Å². The van der Waals surface area contributed by atoms with E-state index in [0.29, 0.717) is 35.3 Å². The molecule has 1 N–H and O–H groups in total. The van der Waals surface area contributed by atoms with Gasteiger partial charge in [-0.05, 0) is 39.2 Å². The Balaban J connectivity index is 1.88. The number of nitrogens with zero attached hydrogens (tertiary/aromatic N) is 4. The standard InChI is InChI=1S/C22H24N4O3/c1-14(2)26-20-17(13-23-26)16(12-18(24-20)15-8-4-3-5-9-15)21(27)25-11-7-6-10-19(25)22(28)29/h3-5,8-9,12-14,19H,6-7,10-11H2,1-2H3,(H,28,29)/t19-/m1/s1. The summed E-state index contributed by atoms with van der Waals surface area (Å²) in [6.07, 6.45) is 3.75. The molecule has 3 aromatic rings. The predicted molar refractivity (Wildman–Crippen MR) is 110 cm³/mol. The second-order valence-electron chi connectivity index (χ2n) is 7.69. The van der Waals surface area contributed by atoms with Gasteiger partial charge in [-0.25, -0.2) is 14.5 Å². The first kappa shape index (κ1) is 19.1. The van der Waals surface area contributed by atoms with Crippen molar-refractivity contribution >= 4 is 22.9 Å². The lowest BCUT2D eigenvalue weighted by Crippen LogP contribution is -2.48. The number of hydrogen-bond donors (Lipinski definition) is 1. The number of carboxylic acid groups (broad SMARTS) is 1. The fourth-order valence-corrected chi connectivity index (χ4v) is 3.92. The van der Waals surface area contributed by atoms with Crippen molar-refractivity contribution in [2.75, 3.05) is 6.54 Å². The topological polar surface area (TPSA) is 88.3 Å². The van der Waals surface area contributed by atoms with Gasteiger partial charge in [-0.1, -0.05) is 30.3 Å². The number of rotatable bonds is 4.